The first kappa shape index (κ1) is 17.2. The number of rotatable bonds is 10. The second-order valence-corrected chi connectivity index (χ2v) is 4.08. The first-order valence-electron chi connectivity index (χ1n) is 6.66. The SMILES string of the molecule is C#Cc1cccc(C(=O)OCCOCCOCCOC)c1. The molecule has 0 radical (unpaired) electrons. The number of carbonyl (C=O) groups excluding carboxylic acids is 1. The van der Waals surface area contributed by atoms with Crippen molar-refractivity contribution in [2.75, 3.05) is 46.8 Å². The Morgan fingerprint density at radius 2 is 1.76 bits per heavy atom. The molecule has 0 saturated heterocycles. The second kappa shape index (κ2) is 10.9. The van der Waals surface area contributed by atoms with Gasteiger partial charge in [-0.3, -0.25) is 0 Å². The maximum Gasteiger partial charge on any atom is 0.338 e. The van der Waals surface area contributed by atoms with Gasteiger partial charge in [-0.25, -0.2) is 4.79 Å². The van der Waals surface area contributed by atoms with Crippen LogP contribution in [0.4, 0.5) is 0 Å². The number of carbonyl (C=O) groups is 1. The summed E-state index contributed by atoms with van der Waals surface area (Å²) in [5, 5.41) is 0. The van der Waals surface area contributed by atoms with Crippen LogP contribution < -0.4 is 0 Å². The van der Waals surface area contributed by atoms with E-state index in [4.69, 9.17) is 25.4 Å². The second-order valence-electron chi connectivity index (χ2n) is 4.08. The molecular formula is C16H20O5. The van der Waals surface area contributed by atoms with Gasteiger partial charge < -0.3 is 18.9 Å². The Balaban J connectivity index is 2.10. The van der Waals surface area contributed by atoms with Crippen molar-refractivity contribution < 1.29 is 23.7 Å². The van der Waals surface area contributed by atoms with Gasteiger partial charge in [-0.05, 0) is 18.2 Å². The van der Waals surface area contributed by atoms with Crippen LogP contribution in [0.5, 0.6) is 0 Å². The van der Waals surface area contributed by atoms with Crippen LogP contribution in [0.2, 0.25) is 0 Å². The lowest BCUT2D eigenvalue weighted by Crippen LogP contribution is -2.14. The van der Waals surface area contributed by atoms with E-state index in [1.165, 1.54) is 0 Å². The first-order chi connectivity index (χ1) is 10.3. The lowest BCUT2D eigenvalue weighted by atomic mass is 10.1. The van der Waals surface area contributed by atoms with E-state index >= 15 is 0 Å². The third-order valence-corrected chi connectivity index (χ3v) is 2.53. The van der Waals surface area contributed by atoms with Gasteiger partial charge >= 0.3 is 5.97 Å². The molecule has 5 heteroatoms. The Morgan fingerprint density at radius 1 is 1.10 bits per heavy atom. The van der Waals surface area contributed by atoms with Crippen LogP contribution in [-0.4, -0.2) is 52.7 Å². The summed E-state index contributed by atoms with van der Waals surface area (Å²) in [5.74, 6) is 2.06. The van der Waals surface area contributed by atoms with Crippen LogP contribution in [0.15, 0.2) is 24.3 Å². The maximum atomic E-state index is 11.7. The van der Waals surface area contributed by atoms with Crippen LogP contribution in [0.1, 0.15) is 15.9 Å². The molecule has 1 rings (SSSR count). The summed E-state index contributed by atoms with van der Waals surface area (Å²) in [6.07, 6.45) is 5.28. The van der Waals surface area contributed by atoms with Crippen LogP contribution in [0, 0.1) is 12.3 Å². The van der Waals surface area contributed by atoms with Gasteiger partial charge in [-0.1, -0.05) is 12.0 Å². The van der Waals surface area contributed by atoms with Gasteiger partial charge in [-0.15, -0.1) is 6.42 Å². The van der Waals surface area contributed by atoms with Crippen molar-refractivity contribution in [3.63, 3.8) is 0 Å². The fourth-order valence-corrected chi connectivity index (χ4v) is 1.48. The molecule has 0 aromatic heterocycles. The van der Waals surface area contributed by atoms with Gasteiger partial charge in [0, 0.05) is 12.7 Å². The number of hydrogen-bond donors (Lipinski definition) is 0. The van der Waals surface area contributed by atoms with Crippen molar-refractivity contribution in [1.29, 1.82) is 0 Å². The monoisotopic (exact) mass is 292 g/mol. The minimum atomic E-state index is -0.410. The molecule has 0 fully saturated rings. The molecule has 114 valence electrons. The smallest absolute Gasteiger partial charge is 0.338 e. The Hall–Kier alpha value is -1.87. The van der Waals surface area contributed by atoms with Crippen molar-refractivity contribution in [2.45, 2.75) is 0 Å². The third-order valence-electron chi connectivity index (χ3n) is 2.53. The van der Waals surface area contributed by atoms with E-state index in [2.05, 4.69) is 5.92 Å². The zero-order valence-corrected chi connectivity index (χ0v) is 12.2. The minimum absolute atomic E-state index is 0.192. The summed E-state index contributed by atoms with van der Waals surface area (Å²) in [6.45, 7) is 2.56. The first-order valence-corrected chi connectivity index (χ1v) is 6.66. The van der Waals surface area contributed by atoms with Crippen molar-refractivity contribution in [1.82, 2.24) is 0 Å². The lowest BCUT2D eigenvalue weighted by Gasteiger charge is -2.07. The van der Waals surface area contributed by atoms with Crippen LogP contribution in [0.25, 0.3) is 0 Å². The van der Waals surface area contributed by atoms with Crippen molar-refractivity contribution in [3.8, 4) is 12.3 Å². The molecule has 0 heterocycles. The molecule has 0 amide bonds. The number of benzene rings is 1. The Morgan fingerprint density at radius 3 is 2.43 bits per heavy atom. The molecule has 0 bridgehead atoms. The van der Waals surface area contributed by atoms with E-state index in [0.29, 0.717) is 44.2 Å². The van der Waals surface area contributed by atoms with E-state index in [1.54, 1.807) is 31.4 Å². The van der Waals surface area contributed by atoms with E-state index in [1.807, 2.05) is 0 Å². The van der Waals surface area contributed by atoms with Gasteiger partial charge in [-0.2, -0.15) is 0 Å². The van der Waals surface area contributed by atoms with E-state index in [0.717, 1.165) is 0 Å². The van der Waals surface area contributed by atoms with E-state index in [-0.39, 0.29) is 6.61 Å². The fourth-order valence-electron chi connectivity index (χ4n) is 1.48. The predicted octanol–water partition coefficient (Wildman–Crippen LogP) is 1.50. The summed E-state index contributed by atoms with van der Waals surface area (Å²) < 4.78 is 20.4. The van der Waals surface area contributed by atoms with Gasteiger partial charge in [0.05, 0.1) is 38.6 Å². The maximum absolute atomic E-state index is 11.7. The normalized spacial score (nSPS) is 10.1. The average molecular weight is 292 g/mol. The van der Waals surface area contributed by atoms with Gasteiger partial charge in [0.25, 0.3) is 0 Å². The highest BCUT2D eigenvalue weighted by Crippen LogP contribution is 2.05. The summed E-state index contributed by atoms with van der Waals surface area (Å²) in [5.41, 5.74) is 1.09. The molecule has 0 unspecified atom stereocenters. The minimum Gasteiger partial charge on any atom is -0.460 e. The number of hydrogen-bond acceptors (Lipinski definition) is 5. The van der Waals surface area contributed by atoms with Crippen LogP contribution in [0.3, 0.4) is 0 Å². The fraction of sp³-hybridized carbons (Fsp3) is 0.438. The molecule has 0 N–H and O–H groups in total. The van der Waals surface area contributed by atoms with Gasteiger partial charge in [0.1, 0.15) is 6.61 Å². The Bertz CT molecular complexity index is 464. The standard InChI is InChI=1S/C16H20O5/c1-3-14-5-4-6-15(13-14)16(17)21-12-11-20-10-9-19-8-7-18-2/h1,4-6,13H,7-12H2,2H3. The Labute approximate surface area is 125 Å². The van der Waals surface area contributed by atoms with Crippen LogP contribution in [-0.2, 0) is 18.9 Å². The molecule has 21 heavy (non-hydrogen) atoms. The molecule has 0 spiro atoms. The largest absolute Gasteiger partial charge is 0.460 e. The molecule has 5 nitrogen and oxygen atoms in total. The van der Waals surface area contributed by atoms with E-state index in [9.17, 15) is 4.79 Å². The summed E-state index contributed by atoms with van der Waals surface area (Å²) in [4.78, 5) is 11.7. The molecule has 0 aliphatic heterocycles. The highest BCUT2D eigenvalue weighted by Gasteiger charge is 2.06. The van der Waals surface area contributed by atoms with Gasteiger partial charge in [0.2, 0.25) is 0 Å². The van der Waals surface area contributed by atoms with Gasteiger partial charge in [0.15, 0.2) is 0 Å². The zero-order valence-electron chi connectivity index (χ0n) is 12.2. The molecule has 0 aliphatic carbocycles. The zero-order chi connectivity index (χ0) is 15.3. The molecule has 0 saturated carbocycles. The molecule has 1 aromatic rings. The summed E-state index contributed by atoms with van der Waals surface area (Å²) in [6, 6.07) is 6.75. The quantitative estimate of drug-likeness (QED) is 0.372. The molecule has 0 aliphatic rings. The third kappa shape index (κ3) is 7.47. The topological polar surface area (TPSA) is 54.0 Å². The lowest BCUT2D eigenvalue weighted by molar-refractivity contribution is 0.00570. The highest BCUT2D eigenvalue weighted by atomic mass is 16.6. The predicted molar refractivity (Wildman–Crippen MR) is 78.2 cm³/mol. The van der Waals surface area contributed by atoms with Crippen molar-refractivity contribution in [3.05, 3.63) is 35.4 Å². The highest BCUT2D eigenvalue weighted by molar-refractivity contribution is 5.89. The molecular weight excluding hydrogens is 272 g/mol. The molecule has 0 atom stereocenters. The number of esters is 1. The molecule has 1 aromatic carbocycles. The number of methoxy groups -OCH3 is 1. The number of ether oxygens (including phenoxy) is 4. The average Bonchev–Trinajstić information content (AvgIpc) is 2.53. The van der Waals surface area contributed by atoms with Crippen molar-refractivity contribution in [2.24, 2.45) is 0 Å². The van der Waals surface area contributed by atoms with E-state index < -0.39 is 5.97 Å². The Kier molecular flexibility index (Phi) is 8.89. The summed E-state index contributed by atoms with van der Waals surface area (Å²) in [7, 11) is 1.62. The van der Waals surface area contributed by atoms with Crippen LogP contribution >= 0.6 is 0 Å². The van der Waals surface area contributed by atoms with Crippen molar-refractivity contribution >= 4 is 5.97 Å². The summed E-state index contributed by atoms with van der Waals surface area (Å²) >= 11 is 0. The number of terminal acetylenes is 1.